The fourth-order valence-electron chi connectivity index (χ4n) is 1.48. The molecule has 2 aromatic heterocycles. The van der Waals surface area contributed by atoms with Gasteiger partial charge in [-0.1, -0.05) is 18.3 Å². The van der Waals surface area contributed by atoms with E-state index in [2.05, 4.69) is 42.4 Å². The molecule has 0 atom stereocenters. The molecule has 0 radical (unpaired) electrons. The van der Waals surface area contributed by atoms with Crippen LogP contribution in [0.4, 0.5) is 0 Å². The second-order valence-electron chi connectivity index (χ2n) is 4.03. The van der Waals surface area contributed by atoms with Gasteiger partial charge in [0.15, 0.2) is 5.01 Å². The van der Waals surface area contributed by atoms with Crippen molar-refractivity contribution in [1.29, 1.82) is 0 Å². The van der Waals surface area contributed by atoms with E-state index < -0.39 is 0 Å². The Balaban J connectivity index is 2.07. The van der Waals surface area contributed by atoms with Crippen molar-refractivity contribution in [3.05, 3.63) is 21.5 Å². The molecule has 0 bridgehead atoms. The van der Waals surface area contributed by atoms with Gasteiger partial charge in [-0.2, -0.15) is 0 Å². The lowest BCUT2D eigenvalue weighted by Crippen LogP contribution is -2.13. The van der Waals surface area contributed by atoms with Crippen molar-refractivity contribution >= 4 is 22.7 Å². The molecule has 2 heterocycles. The minimum atomic E-state index is 0.828. The molecule has 0 saturated heterocycles. The summed E-state index contributed by atoms with van der Waals surface area (Å²) in [4.78, 5) is 2.60. The topological polar surface area (TPSA) is 37.8 Å². The number of nitrogens with one attached hydrogen (secondary N) is 1. The molecule has 92 valence electrons. The van der Waals surface area contributed by atoms with Crippen molar-refractivity contribution in [3.8, 4) is 9.88 Å². The van der Waals surface area contributed by atoms with Crippen molar-refractivity contribution in [2.45, 2.75) is 33.7 Å². The van der Waals surface area contributed by atoms with Gasteiger partial charge in [-0.3, -0.25) is 0 Å². The first-order valence-electron chi connectivity index (χ1n) is 5.81. The molecule has 5 heteroatoms. The Labute approximate surface area is 110 Å². The fourth-order valence-corrected chi connectivity index (χ4v) is 3.36. The number of nitrogens with zero attached hydrogens (tertiary/aromatic N) is 2. The molecule has 0 fully saturated rings. The summed E-state index contributed by atoms with van der Waals surface area (Å²) >= 11 is 3.48. The van der Waals surface area contributed by atoms with Crippen LogP contribution in [0.1, 0.15) is 28.8 Å². The standard InChI is InChI=1S/C12H17N3S2/c1-4-5-13-7-11-14-15-12(17-11)10-6-8(2)9(3)16-10/h6,13H,4-5,7H2,1-3H3. The van der Waals surface area contributed by atoms with Crippen molar-refractivity contribution in [2.24, 2.45) is 0 Å². The third kappa shape index (κ3) is 3.12. The van der Waals surface area contributed by atoms with Crippen LogP contribution in [0.15, 0.2) is 6.07 Å². The van der Waals surface area contributed by atoms with Crippen LogP contribution in [0.5, 0.6) is 0 Å². The highest BCUT2D eigenvalue weighted by atomic mass is 32.1. The highest BCUT2D eigenvalue weighted by Crippen LogP contribution is 2.32. The van der Waals surface area contributed by atoms with E-state index >= 15 is 0 Å². The number of hydrogen-bond acceptors (Lipinski definition) is 5. The van der Waals surface area contributed by atoms with E-state index in [1.165, 1.54) is 15.3 Å². The summed E-state index contributed by atoms with van der Waals surface area (Å²) in [6.07, 6.45) is 1.15. The van der Waals surface area contributed by atoms with Gasteiger partial charge in [0.1, 0.15) is 5.01 Å². The molecule has 2 rings (SSSR count). The Morgan fingerprint density at radius 1 is 1.24 bits per heavy atom. The fraction of sp³-hybridized carbons (Fsp3) is 0.500. The van der Waals surface area contributed by atoms with E-state index in [0.29, 0.717) is 0 Å². The minimum absolute atomic E-state index is 0.828. The van der Waals surface area contributed by atoms with E-state index in [-0.39, 0.29) is 0 Å². The van der Waals surface area contributed by atoms with Crippen LogP contribution in [-0.2, 0) is 6.54 Å². The van der Waals surface area contributed by atoms with Crippen molar-refractivity contribution in [1.82, 2.24) is 15.5 Å². The van der Waals surface area contributed by atoms with Gasteiger partial charge >= 0.3 is 0 Å². The van der Waals surface area contributed by atoms with Crippen LogP contribution in [0.2, 0.25) is 0 Å². The summed E-state index contributed by atoms with van der Waals surface area (Å²) in [5, 5.41) is 13.9. The predicted octanol–water partition coefficient (Wildman–Crippen LogP) is 3.38. The van der Waals surface area contributed by atoms with Gasteiger partial charge in [0.05, 0.1) is 4.88 Å². The van der Waals surface area contributed by atoms with E-state index in [0.717, 1.165) is 29.5 Å². The maximum Gasteiger partial charge on any atom is 0.157 e. The highest BCUT2D eigenvalue weighted by Gasteiger charge is 2.09. The zero-order valence-electron chi connectivity index (χ0n) is 10.4. The van der Waals surface area contributed by atoms with Gasteiger partial charge in [0.25, 0.3) is 0 Å². The van der Waals surface area contributed by atoms with E-state index in [9.17, 15) is 0 Å². The number of hydrogen-bond donors (Lipinski definition) is 1. The Kier molecular flexibility index (Phi) is 4.25. The molecule has 3 nitrogen and oxygen atoms in total. The molecule has 17 heavy (non-hydrogen) atoms. The molecule has 0 amide bonds. The average molecular weight is 267 g/mol. The Bertz CT molecular complexity index is 468. The Morgan fingerprint density at radius 3 is 2.71 bits per heavy atom. The Hall–Kier alpha value is -0.780. The van der Waals surface area contributed by atoms with E-state index in [4.69, 9.17) is 0 Å². The van der Waals surface area contributed by atoms with Crippen LogP contribution < -0.4 is 5.32 Å². The molecule has 2 aromatic rings. The smallest absolute Gasteiger partial charge is 0.157 e. The van der Waals surface area contributed by atoms with Crippen molar-refractivity contribution in [3.63, 3.8) is 0 Å². The van der Waals surface area contributed by atoms with Gasteiger partial charge in [-0.25, -0.2) is 0 Å². The number of aromatic nitrogens is 2. The second-order valence-corrected chi connectivity index (χ2v) is 6.35. The van der Waals surface area contributed by atoms with E-state index in [1.807, 2.05) is 0 Å². The molecular weight excluding hydrogens is 250 g/mol. The normalized spacial score (nSPS) is 11.0. The lowest BCUT2D eigenvalue weighted by Gasteiger charge is -1.96. The second kappa shape index (κ2) is 5.71. The lowest BCUT2D eigenvalue weighted by atomic mass is 10.3. The number of thiophene rings is 1. The quantitative estimate of drug-likeness (QED) is 0.844. The molecular formula is C12H17N3S2. The zero-order valence-corrected chi connectivity index (χ0v) is 12.0. The molecule has 0 aliphatic rings. The molecule has 0 aliphatic heterocycles. The first kappa shape index (κ1) is 12.7. The van der Waals surface area contributed by atoms with Crippen molar-refractivity contribution < 1.29 is 0 Å². The molecule has 0 aromatic carbocycles. The summed E-state index contributed by atoms with van der Waals surface area (Å²) < 4.78 is 0. The van der Waals surface area contributed by atoms with Gasteiger partial charge in [-0.05, 0) is 38.4 Å². The van der Waals surface area contributed by atoms with Crippen LogP contribution in [0.3, 0.4) is 0 Å². The summed E-state index contributed by atoms with van der Waals surface area (Å²) in [5.41, 5.74) is 1.34. The largest absolute Gasteiger partial charge is 0.310 e. The SMILES string of the molecule is CCCNCc1nnc(-c2cc(C)c(C)s2)s1. The summed E-state index contributed by atoms with van der Waals surface area (Å²) in [5.74, 6) is 0. The molecule has 0 unspecified atom stereocenters. The van der Waals surface area contributed by atoms with Crippen LogP contribution in [0, 0.1) is 13.8 Å². The van der Waals surface area contributed by atoms with Crippen LogP contribution >= 0.6 is 22.7 Å². The maximum atomic E-state index is 4.26. The zero-order chi connectivity index (χ0) is 12.3. The summed E-state index contributed by atoms with van der Waals surface area (Å²) in [6, 6.07) is 2.20. The Morgan fingerprint density at radius 2 is 2.06 bits per heavy atom. The van der Waals surface area contributed by atoms with Gasteiger partial charge in [0.2, 0.25) is 0 Å². The number of aryl methyl sites for hydroxylation is 2. The average Bonchev–Trinajstić information content (AvgIpc) is 2.88. The first-order chi connectivity index (χ1) is 8.20. The third-order valence-corrected chi connectivity index (χ3v) is 4.79. The third-order valence-electron chi connectivity index (χ3n) is 2.55. The number of rotatable bonds is 5. The maximum absolute atomic E-state index is 4.26. The lowest BCUT2D eigenvalue weighted by molar-refractivity contribution is 0.668. The monoisotopic (exact) mass is 267 g/mol. The highest BCUT2D eigenvalue weighted by molar-refractivity contribution is 7.21. The van der Waals surface area contributed by atoms with Crippen molar-refractivity contribution in [2.75, 3.05) is 6.54 Å². The molecule has 0 spiro atoms. The van der Waals surface area contributed by atoms with Crippen LogP contribution in [-0.4, -0.2) is 16.7 Å². The summed E-state index contributed by atoms with van der Waals surface area (Å²) in [7, 11) is 0. The first-order valence-corrected chi connectivity index (χ1v) is 7.44. The predicted molar refractivity (Wildman–Crippen MR) is 74.7 cm³/mol. The van der Waals surface area contributed by atoms with Gasteiger partial charge < -0.3 is 5.32 Å². The van der Waals surface area contributed by atoms with Gasteiger partial charge in [0, 0.05) is 11.4 Å². The van der Waals surface area contributed by atoms with E-state index in [1.54, 1.807) is 22.7 Å². The molecule has 1 N–H and O–H groups in total. The van der Waals surface area contributed by atoms with Crippen LogP contribution in [0.25, 0.3) is 9.88 Å². The molecule has 0 saturated carbocycles. The van der Waals surface area contributed by atoms with Gasteiger partial charge in [-0.15, -0.1) is 21.5 Å². The molecule has 0 aliphatic carbocycles. The minimum Gasteiger partial charge on any atom is -0.310 e. The summed E-state index contributed by atoms with van der Waals surface area (Å²) in [6.45, 7) is 8.31.